The number of hydrogen-bond acceptors (Lipinski definition) is 2. The third-order valence-corrected chi connectivity index (χ3v) is 4.29. The van der Waals surface area contributed by atoms with Gasteiger partial charge in [0, 0.05) is 12.1 Å². The van der Waals surface area contributed by atoms with Crippen LogP contribution in [0.2, 0.25) is 0 Å². The van der Waals surface area contributed by atoms with Gasteiger partial charge in [-0.25, -0.2) is 8.78 Å². The average Bonchev–Trinajstić information content (AvgIpc) is 2.63. The topological polar surface area (TPSA) is 12.4 Å². The molecule has 0 aromatic heterocycles. The summed E-state index contributed by atoms with van der Waals surface area (Å²) in [5, 5.41) is 2.11. The summed E-state index contributed by atoms with van der Waals surface area (Å²) >= 11 is 4.47. The minimum atomic E-state index is -0.675. The summed E-state index contributed by atoms with van der Waals surface area (Å²) in [6, 6.07) is 17.8. The summed E-state index contributed by atoms with van der Waals surface area (Å²) in [4.78, 5) is 3.62. The van der Waals surface area contributed by atoms with Crippen molar-refractivity contribution in [2.75, 3.05) is 0 Å². The maximum absolute atomic E-state index is 14.3. The molecule has 3 aromatic carbocycles. The van der Waals surface area contributed by atoms with Crippen molar-refractivity contribution in [3.05, 3.63) is 77.9 Å². The molecule has 0 fully saturated rings. The molecule has 0 radical (unpaired) electrons. The molecule has 3 aromatic rings. The molecule has 0 aliphatic heterocycles. The van der Waals surface area contributed by atoms with Crippen molar-refractivity contribution in [3.8, 4) is 22.3 Å². The van der Waals surface area contributed by atoms with E-state index in [0.29, 0.717) is 5.56 Å². The molecular formula is C22H17F2NS. The van der Waals surface area contributed by atoms with Crippen LogP contribution >= 0.6 is 12.2 Å². The van der Waals surface area contributed by atoms with Crippen LogP contribution in [-0.4, -0.2) is 5.16 Å². The van der Waals surface area contributed by atoms with E-state index in [0.717, 1.165) is 36.1 Å². The fourth-order valence-electron chi connectivity index (χ4n) is 2.93. The highest BCUT2D eigenvalue weighted by Crippen LogP contribution is 2.31. The first-order chi connectivity index (χ1) is 12.6. The molecule has 1 nitrogen and oxygen atoms in total. The van der Waals surface area contributed by atoms with Crippen molar-refractivity contribution < 1.29 is 8.78 Å². The van der Waals surface area contributed by atoms with Crippen LogP contribution in [0.25, 0.3) is 22.3 Å². The van der Waals surface area contributed by atoms with Crippen LogP contribution in [0.15, 0.2) is 65.7 Å². The standard InChI is InChI=1S/C22H17F2NS/c1-2-3-15-4-6-16(7-5-15)17-8-10-18(11-9-17)22-20(23)12-19(25-14-26)13-21(22)24/h4-13H,2-3H2,1H3. The molecule has 0 aliphatic rings. The third kappa shape index (κ3) is 3.93. The number of hydrogen-bond donors (Lipinski definition) is 0. The Balaban J connectivity index is 1.91. The molecule has 130 valence electrons. The lowest BCUT2D eigenvalue weighted by Gasteiger charge is -2.08. The van der Waals surface area contributed by atoms with Crippen LogP contribution in [-0.2, 0) is 6.42 Å². The Morgan fingerprint density at radius 3 is 1.85 bits per heavy atom. The molecular weight excluding hydrogens is 348 g/mol. The molecule has 0 amide bonds. The first kappa shape index (κ1) is 18.1. The minimum absolute atomic E-state index is 0.0711. The van der Waals surface area contributed by atoms with Crippen molar-refractivity contribution in [1.82, 2.24) is 0 Å². The number of thiocarbonyl (C=S) groups is 1. The molecule has 4 heteroatoms. The van der Waals surface area contributed by atoms with Crippen LogP contribution in [0, 0.1) is 11.6 Å². The molecule has 0 atom stereocenters. The second-order valence-corrected chi connectivity index (χ2v) is 6.19. The monoisotopic (exact) mass is 365 g/mol. The van der Waals surface area contributed by atoms with Crippen molar-refractivity contribution in [3.63, 3.8) is 0 Å². The number of benzene rings is 3. The van der Waals surface area contributed by atoms with E-state index in [-0.39, 0.29) is 11.3 Å². The van der Waals surface area contributed by atoms with E-state index in [1.807, 2.05) is 12.1 Å². The van der Waals surface area contributed by atoms with Gasteiger partial charge in [0.2, 0.25) is 0 Å². The van der Waals surface area contributed by atoms with Crippen molar-refractivity contribution in [2.24, 2.45) is 4.99 Å². The van der Waals surface area contributed by atoms with Gasteiger partial charge < -0.3 is 0 Å². The number of isothiocyanates is 1. The molecule has 0 saturated carbocycles. The number of nitrogens with zero attached hydrogens (tertiary/aromatic N) is 1. The normalized spacial score (nSPS) is 10.4. The fourth-order valence-corrected chi connectivity index (χ4v) is 3.04. The summed E-state index contributed by atoms with van der Waals surface area (Å²) in [6.07, 6.45) is 2.17. The lowest BCUT2D eigenvalue weighted by Crippen LogP contribution is -1.90. The Labute approximate surface area is 157 Å². The summed E-state index contributed by atoms with van der Waals surface area (Å²) < 4.78 is 28.6. The zero-order valence-corrected chi connectivity index (χ0v) is 15.1. The Morgan fingerprint density at radius 2 is 1.35 bits per heavy atom. The van der Waals surface area contributed by atoms with Gasteiger partial charge in [0.1, 0.15) is 11.6 Å². The zero-order valence-electron chi connectivity index (χ0n) is 14.3. The molecule has 0 saturated heterocycles. The average molecular weight is 365 g/mol. The second kappa shape index (κ2) is 8.13. The van der Waals surface area contributed by atoms with E-state index >= 15 is 0 Å². The van der Waals surface area contributed by atoms with Crippen molar-refractivity contribution >= 4 is 23.1 Å². The highest BCUT2D eigenvalue weighted by molar-refractivity contribution is 7.78. The highest BCUT2D eigenvalue weighted by Gasteiger charge is 2.13. The lowest BCUT2D eigenvalue weighted by molar-refractivity contribution is 0.590. The fraction of sp³-hybridized carbons (Fsp3) is 0.136. The number of aryl methyl sites for hydroxylation is 1. The number of rotatable bonds is 5. The zero-order chi connectivity index (χ0) is 18.5. The van der Waals surface area contributed by atoms with Crippen LogP contribution in [0.1, 0.15) is 18.9 Å². The van der Waals surface area contributed by atoms with Gasteiger partial charge in [0.25, 0.3) is 0 Å². The Morgan fingerprint density at radius 1 is 0.846 bits per heavy atom. The van der Waals surface area contributed by atoms with Crippen LogP contribution < -0.4 is 0 Å². The van der Waals surface area contributed by atoms with Gasteiger partial charge in [-0.1, -0.05) is 61.9 Å². The number of aliphatic imine (C=N–C) groups is 1. The van der Waals surface area contributed by atoms with Gasteiger partial charge in [-0.05, 0) is 40.9 Å². The molecule has 0 heterocycles. The molecule has 0 aliphatic carbocycles. The summed E-state index contributed by atoms with van der Waals surface area (Å²) in [6.45, 7) is 2.15. The van der Waals surface area contributed by atoms with Crippen molar-refractivity contribution in [2.45, 2.75) is 19.8 Å². The maximum Gasteiger partial charge on any atom is 0.136 e. The Bertz CT molecular complexity index is 933. The van der Waals surface area contributed by atoms with Gasteiger partial charge in [0.15, 0.2) is 0 Å². The predicted molar refractivity (Wildman–Crippen MR) is 106 cm³/mol. The second-order valence-electron chi connectivity index (χ2n) is 6.01. The smallest absolute Gasteiger partial charge is 0.136 e. The molecule has 3 rings (SSSR count). The van der Waals surface area contributed by atoms with Crippen LogP contribution in [0.3, 0.4) is 0 Å². The summed E-state index contributed by atoms with van der Waals surface area (Å²) in [5.41, 5.74) is 3.89. The Hall–Kier alpha value is -2.68. The molecule has 0 spiro atoms. The summed E-state index contributed by atoms with van der Waals surface area (Å²) in [5.74, 6) is -1.35. The van der Waals surface area contributed by atoms with E-state index < -0.39 is 11.6 Å². The van der Waals surface area contributed by atoms with E-state index in [1.165, 1.54) is 5.56 Å². The molecule has 0 bridgehead atoms. The van der Waals surface area contributed by atoms with Crippen LogP contribution in [0.5, 0.6) is 0 Å². The van der Waals surface area contributed by atoms with Gasteiger partial charge in [-0.3, -0.25) is 0 Å². The quantitative estimate of drug-likeness (QED) is 0.351. The molecule has 0 N–H and O–H groups in total. The highest BCUT2D eigenvalue weighted by atomic mass is 32.1. The first-order valence-corrected chi connectivity index (χ1v) is 8.80. The predicted octanol–water partition coefficient (Wildman–Crippen LogP) is 6.99. The number of halogens is 2. The van der Waals surface area contributed by atoms with Gasteiger partial charge in [0.05, 0.1) is 16.4 Å². The van der Waals surface area contributed by atoms with Crippen molar-refractivity contribution in [1.29, 1.82) is 0 Å². The third-order valence-electron chi connectivity index (χ3n) is 4.20. The SMILES string of the molecule is CCCc1ccc(-c2ccc(-c3c(F)cc(N=C=S)cc3F)cc2)cc1. The van der Waals surface area contributed by atoms with Gasteiger partial charge in [-0.15, -0.1) is 0 Å². The van der Waals surface area contributed by atoms with E-state index in [9.17, 15) is 8.78 Å². The van der Waals surface area contributed by atoms with E-state index in [2.05, 4.69) is 53.6 Å². The van der Waals surface area contributed by atoms with E-state index in [1.54, 1.807) is 12.1 Å². The minimum Gasteiger partial charge on any atom is -0.206 e. The summed E-state index contributed by atoms with van der Waals surface area (Å²) in [7, 11) is 0. The lowest BCUT2D eigenvalue weighted by atomic mass is 9.98. The van der Waals surface area contributed by atoms with Gasteiger partial charge in [-0.2, -0.15) is 4.99 Å². The molecule has 26 heavy (non-hydrogen) atoms. The largest absolute Gasteiger partial charge is 0.206 e. The first-order valence-electron chi connectivity index (χ1n) is 8.39. The van der Waals surface area contributed by atoms with E-state index in [4.69, 9.17) is 0 Å². The maximum atomic E-state index is 14.3. The molecule has 0 unspecified atom stereocenters. The van der Waals surface area contributed by atoms with Gasteiger partial charge >= 0.3 is 0 Å². The van der Waals surface area contributed by atoms with Crippen LogP contribution in [0.4, 0.5) is 14.5 Å². The Kier molecular flexibility index (Phi) is 5.67.